The summed E-state index contributed by atoms with van der Waals surface area (Å²) in [6.45, 7) is 7.06. The number of benzene rings is 2. The maximum absolute atomic E-state index is 13.5. The van der Waals surface area contributed by atoms with Crippen molar-refractivity contribution in [2.45, 2.75) is 64.3 Å². The Morgan fingerprint density at radius 1 is 0.950 bits per heavy atom. The number of ketones is 1. The zero-order valence-corrected chi connectivity index (χ0v) is 22.4. The summed E-state index contributed by atoms with van der Waals surface area (Å²) in [7, 11) is 0. The van der Waals surface area contributed by atoms with Crippen LogP contribution in [0.3, 0.4) is 0 Å². The first-order valence-corrected chi connectivity index (χ1v) is 13.3. The number of likely N-dealkylation sites (tertiary alicyclic amines) is 1. The molecule has 0 amide bonds. The van der Waals surface area contributed by atoms with Gasteiger partial charge < -0.3 is 14.4 Å². The lowest BCUT2D eigenvalue weighted by atomic mass is 9.76. The number of alkyl halides is 6. The lowest BCUT2D eigenvalue weighted by Crippen LogP contribution is -2.42. The Bertz CT molecular complexity index is 1290. The number of carbonyl (C=O) groups excluding carboxylic acids is 1. The van der Waals surface area contributed by atoms with Crippen LogP contribution in [0.4, 0.5) is 26.3 Å². The number of carbonyl (C=O) groups is 1. The number of hydrogen-bond donors (Lipinski definition) is 0. The molecular weight excluding hydrogens is 536 g/mol. The number of fused-ring (bicyclic) bond motifs is 1. The summed E-state index contributed by atoms with van der Waals surface area (Å²) in [6, 6.07) is 7.54. The number of halogens is 6. The van der Waals surface area contributed by atoms with Crippen molar-refractivity contribution in [3.8, 4) is 0 Å². The normalized spacial score (nSPS) is 26.2. The minimum absolute atomic E-state index is 0.0512. The Morgan fingerprint density at radius 3 is 2.23 bits per heavy atom. The Hall–Kier alpha value is -2.85. The van der Waals surface area contributed by atoms with Gasteiger partial charge in [-0.05, 0) is 68.0 Å². The summed E-state index contributed by atoms with van der Waals surface area (Å²) in [5, 5.41) is 0. The van der Waals surface area contributed by atoms with Gasteiger partial charge in [-0.25, -0.2) is 0 Å². The summed E-state index contributed by atoms with van der Waals surface area (Å²) in [5.74, 6) is -0.0319. The average Bonchev–Trinajstić information content (AvgIpc) is 3.50. The van der Waals surface area contributed by atoms with Crippen LogP contribution < -0.4 is 0 Å². The Balaban J connectivity index is 1.48. The van der Waals surface area contributed by atoms with Crippen molar-refractivity contribution in [1.29, 1.82) is 0 Å². The lowest BCUT2D eigenvalue weighted by molar-refractivity contribution is -0.217. The fraction of sp³-hybridized carbons (Fsp3) is 0.500. The molecule has 3 aliphatic rings. The molecule has 0 aromatic heterocycles. The van der Waals surface area contributed by atoms with Crippen molar-refractivity contribution in [2.75, 3.05) is 19.7 Å². The van der Waals surface area contributed by atoms with Gasteiger partial charge in [-0.2, -0.15) is 26.3 Å². The van der Waals surface area contributed by atoms with Gasteiger partial charge in [0.1, 0.15) is 0 Å². The van der Waals surface area contributed by atoms with Crippen molar-refractivity contribution in [2.24, 2.45) is 11.8 Å². The minimum Gasteiger partial charge on any atom is -0.374 e. The third kappa shape index (κ3) is 5.79. The molecular formula is C30H31F6NO3. The third-order valence-electron chi connectivity index (χ3n) is 8.29. The molecule has 0 spiro atoms. The first-order valence-electron chi connectivity index (χ1n) is 13.3. The first-order chi connectivity index (χ1) is 18.7. The summed E-state index contributed by atoms with van der Waals surface area (Å²) >= 11 is 0. The highest BCUT2D eigenvalue weighted by Gasteiger charge is 2.48. The van der Waals surface area contributed by atoms with E-state index in [1.54, 1.807) is 6.08 Å². The van der Waals surface area contributed by atoms with E-state index in [9.17, 15) is 31.1 Å². The molecule has 0 bridgehead atoms. The topological polar surface area (TPSA) is 38.8 Å². The monoisotopic (exact) mass is 567 g/mol. The predicted octanol–water partition coefficient (Wildman–Crippen LogP) is 7.35. The molecule has 2 saturated heterocycles. The second kappa shape index (κ2) is 10.5. The number of ether oxygens (including phenoxy) is 2. The van der Waals surface area contributed by atoms with Crippen molar-refractivity contribution >= 4 is 5.78 Å². The van der Waals surface area contributed by atoms with E-state index >= 15 is 0 Å². The molecule has 0 saturated carbocycles. The van der Waals surface area contributed by atoms with Crippen LogP contribution in [-0.4, -0.2) is 36.7 Å². The van der Waals surface area contributed by atoms with Crippen LogP contribution in [0.15, 0.2) is 48.2 Å². The largest absolute Gasteiger partial charge is 0.416 e. The fourth-order valence-electron chi connectivity index (χ4n) is 6.18. The summed E-state index contributed by atoms with van der Waals surface area (Å²) in [4.78, 5) is 14.1. The van der Waals surface area contributed by atoms with Gasteiger partial charge in [-0.15, -0.1) is 0 Å². The van der Waals surface area contributed by atoms with Crippen LogP contribution in [0, 0.1) is 25.7 Å². The molecule has 2 aromatic rings. The highest BCUT2D eigenvalue weighted by Crippen LogP contribution is 2.47. The molecule has 10 heteroatoms. The van der Waals surface area contributed by atoms with Gasteiger partial charge in [0.25, 0.3) is 0 Å². The van der Waals surface area contributed by atoms with E-state index in [0.717, 1.165) is 22.4 Å². The number of hydrogen-bond acceptors (Lipinski definition) is 4. The van der Waals surface area contributed by atoms with Crippen molar-refractivity contribution in [1.82, 2.24) is 4.90 Å². The standard InChI is InChI=1S/C30H31F6NO3/c1-16-4-5-17(2)25(8-16)27-26-14-37(23-6-7-24(38)12-23)13-20(26)15-39-28(27)40-18(3)19-9-21(29(31,32)33)11-22(10-19)30(34,35)36/h4-5,8-12,18,20,26-28H,6-7,13-15H2,1-3H3/t18-,20+,26-,27+,28-/m1/s1. The van der Waals surface area contributed by atoms with E-state index < -0.39 is 35.9 Å². The maximum atomic E-state index is 13.5. The van der Waals surface area contributed by atoms with E-state index in [2.05, 4.69) is 4.90 Å². The summed E-state index contributed by atoms with van der Waals surface area (Å²) < 4.78 is 93.4. The summed E-state index contributed by atoms with van der Waals surface area (Å²) in [6.07, 6.45) is -9.04. The van der Waals surface area contributed by atoms with Crippen LogP contribution in [0.5, 0.6) is 0 Å². The van der Waals surface area contributed by atoms with Gasteiger partial charge in [-0.1, -0.05) is 23.8 Å². The zero-order chi connectivity index (χ0) is 29.0. The van der Waals surface area contributed by atoms with Crippen molar-refractivity contribution in [3.63, 3.8) is 0 Å². The molecule has 1 aliphatic carbocycles. The summed E-state index contributed by atoms with van der Waals surface area (Å²) in [5.41, 5.74) is 0.993. The van der Waals surface area contributed by atoms with Gasteiger partial charge in [0.2, 0.25) is 0 Å². The van der Waals surface area contributed by atoms with Gasteiger partial charge in [-0.3, -0.25) is 4.79 Å². The first kappa shape index (κ1) is 28.7. The van der Waals surface area contributed by atoms with Crippen LogP contribution in [0.2, 0.25) is 0 Å². The molecule has 0 radical (unpaired) electrons. The number of rotatable bonds is 5. The van der Waals surface area contributed by atoms with E-state index in [1.165, 1.54) is 6.92 Å². The molecule has 0 unspecified atom stereocenters. The van der Waals surface area contributed by atoms with Gasteiger partial charge >= 0.3 is 12.4 Å². The van der Waals surface area contributed by atoms with Crippen LogP contribution in [0.25, 0.3) is 0 Å². The molecule has 5 atom stereocenters. The molecule has 0 N–H and O–H groups in total. The molecule has 2 aromatic carbocycles. The van der Waals surface area contributed by atoms with E-state index in [1.807, 2.05) is 32.0 Å². The Labute approximate surface area is 228 Å². The molecule has 2 aliphatic heterocycles. The van der Waals surface area contributed by atoms with Gasteiger partial charge in [0.15, 0.2) is 12.1 Å². The molecule has 2 fully saturated rings. The molecule has 4 nitrogen and oxygen atoms in total. The van der Waals surface area contributed by atoms with Crippen LogP contribution in [0.1, 0.15) is 65.2 Å². The number of allylic oxidation sites excluding steroid dienone is 2. The van der Waals surface area contributed by atoms with E-state index in [-0.39, 0.29) is 35.2 Å². The van der Waals surface area contributed by atoms with Crippen molar-refractivity contribution < 1.29 is 40.6 Å². The quantitative estimate of drug-likeness (QED) is 0.354. The molecule has 5 rings (SSSR count). The molecule has 40 heavy (non-hydrogen) atoms. The van der Waals surface area contributed by atoms with Crippen LogP contribution in [-0.2, 0) is 26.6 Å². The zero-order valence-electron chi connectivity index (χ0n) is 22.4. The maximum Gasteiger partial charge on any atom is 0.416 e. The molecule has 2 heterocycles. The van der Waals surface area contributed by atoms with Gasteiger partial charge in [0, 0.05) is 43.1 Å². The van der Waals surface area contributed by atoms with Crippen molar-refractivity contribution in [3.05, 3.63) is 81.6 Å². The Kier molecular flexibility index (Phi) is 7.54. The second-order valence-electron chi connectivity index (χ2n) is 11.1. The molecule has 216 valence electrons. The average molecular weight is 568 g/mol. The SMILES string of the molecule is Cc1ccc(C)c([C@@H]2[C@@H](O[C@H](C)c3cc(C(F)(F)F)cc(C(F)(F)F)c3)OC[C@@H]3CN(C4=CC(=O)CC4)C[C@H]32)c1. The smallest absolute Gasteiger partial charge is 0.374 e. The number of aryl methyl sites for hydroxylation is 2. The Morgan fingerprint density at radius 2 is 1.62 bits per heavy atom. The van der Waals surface area contributed by atoms with Gasteiger partial charge in [0.05, 0.1) is 23.8 Å². The second-order valence-corrected chi connectivity index (χ2v) is 11.1. The lowest BCUT2D eigenvalue weighted by Gasteiger charge is -2.41. The van der Waals surface area contributed by atoms with E-state index in [0.29, 0.717) is 44.7 Å². The predicted molar refractivity (Wildman–Crippen MR) is 135 cm³/mol. The highest BCUT2D eigenvalue weighted by molar-refractivity contribution is 5.92. The number of nitrogens with zero attached hydrogens (tertiary/aromatic N) is 1. The van der Waals surface area contributed by atoms with Crippen LogP contribution >= 0.6 is 0 Å². The highest BCUT2D eigenvalue weighted by atomic mass is 19.4. The van der Waals surface area contributed by atoms with E-state index in [4.69, 9.17) is 9.47 Å². The minimum atomic E-state index is -4.95. The fourth-order valence-corrected chi connectivity index (χ4v) is 6.18. The third-order valence-corrected chi connectivity index (χ3v) is 8.29.